The molecule has 1 heterocycles. The van der Waals surface area contributed by atoms with E-state index in [2.05, 4.69) is 33.8 Å². The first-order valence-electron chi connectivity index (χ1n) is 13.0. The minimum atomic E-state index is -3.09. The van der Waals surface area contributed by atoms with Gasteiger partial charge in [-0.15, -0.1) is 0 Å². The van der Waals surface area contributed by atoms with Crippen molar-refractivity contribution in [1.82, 2.24) is 9.34 Å². The molecule has 5 aliphatic rings. The summed E-state index contributed by atoms with van der Waals surface area (Å²) in [5.41, 5.74) is 0.211. The number of allylic oxidation sites excluding steroid dienone is 2. The maximum absolute atomic E-state index is 13.7. The molecule has 1 saturated heterocycles. The van der Waals surface area contributed by atoms with Crippen molar-refractivity contribution in [3.63, 3.8) is 0 Å². The van der Waals surface area contributed by atoms with Crippen molar-refractivity contribution < 1.29 is 18.6 Å². The molecule has 1 aliphatic heterocycles. The first-order chi connectivity index (χ1) is 15.3. The number of nitrogens with zero attached hydrogens (tertiary/aromatic N) is 2. The molecule has 6 nitrogen and oxygen atoms in total. The fraction of sp³-hybridized carbons (Fsp3) is 0.923. The summed E-state index contributed by atoms with van der Waals surface area (Å²) in [6.45, 7) is 9.10. The molecule has 0 bridgehead atoms. The lowest BCUT2D eigenvalue weighted by Gasteiger charge is -2.62. The monoisotopic (exact) mass is 480 g/mol. The number of rotatable bonds is 4. The van der Waals surface area contributed by atoms with Crippen LogP contribution in [-0.4, -0.2) is 55.5 Å². The van der Waals surface area contributed by atoms with Crippen molar-refractivity contribution in [3.05, 3.63) is 11.8 Å². The van der Waals surface area contributed by atoms with Crippen molar-refractivity contribution in [2.75, 3.05) is 28.2 Å². The molecule has 4 fully saturated rings. The quantitative estimate of drug-likeness (QED) is 0.467. The SMILES string of the molecule is CN(C)P(=O)(OC1=CCC2C3C(CC[C@]12C)[C@@]1(C)CCCCC1[C@H]1OC(C)(C)O[C@H]31)N(C)C. The number of fused-ring (bicyclic) bond motifs is 8. The van der Waals surface area contributed by atoms with E-state index in [1.807, 2.05) is 28.2 Å². The van der Waals surface area contributed by atoms with Crippen molar-refractivity contribution in [2.24, 2.45) is 34.5 Å². The van der Waals surface area contributed by atoms with E-state index < -0.39 is 13.5 Å². The van der Waals surface area contributed by atoms with Gasteiger partial charge in [0.15, 0.2) is 5.79 Å². The molecule has 5 rings (SSSR count). The topological polar surface area (TPSA) is 51.2 Å². The first-order valence-corrected chi connectivity index (χ1v) is 14.6. The first kappa shape index (κ1) is 24.3. The van der Waals surface area contributed by atoms with Crippen LogP contribution in [0.5, 0.6) is 0 Å². The average molecular weight is 481 g/mol. The van der Waals surface area contributed by atoms with Crippen LogP contribution in [0.4, 0.5) is 0 Å². The van der Waals surface area contributed by atoms with Gasteiger partial charge < -0.3 is 14.0 Å². The predicted octanol–water partition coefficient (Wildman–Crippen LogP) is 5.90. The van der Waals surface area contributed by atoms with Gasteiger partial charge in [0.25, 0.3) is 0 Å². The molecule has 0 amide bonds. The van der Waals surface area contributed by atoms with Gasteiger partial charge in [0.05, 0.1) is 12.2 Å². The maximum Gasteiger partial charge on any atom is 0.394 e. The third-order valence-electron chi connectivity index (χ3n) is 10.2. The fourth-order valence-corrected chi connectivity index (χ4v) is 10.1. The van der Waals surface area contributed by atoms with E-state index in [4.69, 9.17) is 14.0 Å². The van der Waals surface area contributed by atoms with E-state index in [0.717, 1.165) is 18.6 Å². The zero-order chi connectivity index (χ0) is 24.0. The highest BCUT2D eigenvalue weighted by molar-refractivity contribution is 7.53. The molecular weight excluding hydrogens is 435 g/mol. The largest absolute Gasteiger partial charge is 0.426 e. The molecule has 8 atom stereocenters. The second-order valence-electron chi connectivity index (χ2n) is 12.7. The molecule has 4 unspecified atom stereocenters. The molecule has 0 aromatic carbocycles. The fourth-order valence-electron chi connectivity index (χ4n) is 8.56. The predicted molar refractivity (Wildman–Crippen MR) is 130 cm³/mol. The Hall–Kier alpha value is -0.390. The Balaban J connectivity index is 1.50. The minimum absolute atomic E-state index is 0.110. The lowest BCUT2D eigenvalue weighted by molar-refractivity contribution is -0.175. The Morgan fingerprint density at radius 3 is 2.24 bits per heavy atom. The van der Waals surface area contributed by atoms with Gasteiger partial charge in [-0.1, -0.05) is 26.7 Å². The zero-order valence-electron chi connectivity index (χ0n) is 22.0. The van der Waals surface area contributed by atoms with Gasteiger partial charge in [0.1, 0.15) is 5.76 Å². The Morgan fingerprint density at radius 2 is 1.58 bits per heavy atom. The van der Waals surface area contributed by atoms with Crippen LogP contribution < -0.4 is 0 Å². The van der Waals surface area contributed by atoms with Gasteiger partial charge in [0, 0.05) is 5.41 Å². The molecule has 7 heteroatoms. The summed E-state index contributed by atoms with van der Waals surface area (Å²) in [5.74, 6) is 2.55. The highest BCUT2D eigenvalue weighted by Crippen LogP contribution is 2.70. The lowest BCUT2D eigenvalue weighted by atomic mass is 9.44. The Labute approximate surface area is 200 Å². The van der Waals surface area contributed by atoms with Gasteiger partial charge in [-0.3, -0.25) is 0 Å². The summed E-state index contributed by atoms with van der Waals surface area (Å²) in [6, 6.07) is 0. The van der Waals surface area contributed by atoms with Crippen molar-refractivity contribution in [2.45, 2.75) is 90.6 Å². The van der Waals surface area contributed by atoms with Crippen LogP contribution in [0.2, 0.25) is 0 Å². The average Bonchev–Trinajstić information content (AvgIpc) is 3.23. The molecular formula is C26H45N2O4P. The number of hydrogen-bond donors (Lipinski definition) is 0. The third-order valence-corrected chi connectivity index (χ3v) is 12.6. The molecule has 33 heavy (non-hydrogen) atoms. The lowest BCUT2D eigenvalue weighted by Crippen LogP contribution is -2.62. The Morgan fingerprint density at radius 1 is 0.909 bits per heavy atom. The number of hydrogen-bond acceptors (Lipinski definition) is 4. The molecule has 0 aromatic heterocycles. The third kappa shape index (κ3) is 3.45. The van der Waals surface area contributed by atoms with Gasteiger partial charge in [-0.05, 0) is 109 Å². The summed E-state index contributed by atoms with van der Waals surface area (Å²) in [4.78, 5) is 0. The van der Waals surface area contributed by atoms with Crippen LogP contribution >= 0.6 is 7.67 Å². The van der Waals surface area contributed by atoms with E-state index in [1.54, 1.807) is 9.34 Å². The van der Waals surface area contributed by atoms with Gasteiger partial charge in [-0.2, -0.15) is 0 Å². The van der Waals surface area contributed by atoms with Crippen LogP contribution in [0.15, 0.2) is 11.8 Å². The van der Waals surface area contributed by atoms with Gasteiger partial charge in [0.2, 0.25) is 0 Å². The standard InChI is InChI=1S/C26H45N2O4P/c1-24(2)30-22-19-11-9-10-15-25(19,3)18-14-16-26(4)17(21(18)23(22)31-24)12-13-20(26)32-33(29,27(5)6)28(7)8/h13,17-19,21-23H,9-12,14-16H2,1-8H3/t17?,18?,19?,21?,22-,23-,25-,26+/m1/s1. The van der Waals surface area contributed by atoms with Gasteiger partial charge >= 0.3 is 7.67 Å². The summed E-state index contributed by atoms with van der Waals surface area (Å²) in [5, 5.41) is 0. The van der Waals surface area contributed by atoms with Crippen molar-refractivity contribution >= 4 is 7.67 Å². The second kappa shape index (κ2) is 7.80. The van der Waals surface area contributed by atoms with Gasteiger partial charge in [-0.25, -0.2) is 13.9 Å². The van der Waals surface area contributed by atoms with E-state index in [0.29, 0.717) is 29.1 Å². The summed E-state index contributed by atoms with van der Waals surface area (Å²) in [6.07, 6.45) is 11.1. The molecule has 0 aromatic rings. The molecule has 0 spiro atoms. The summed E-state index contributed by atoms with van der Waals surface area (Å²) in [7, 11) is 4.28. The van der Waals surface area contributed by atoms with Crippen LogP contribution in [0, 0.1) is 34.5 Å². The normalized spacial score (nSPS) is 46.4. The van der Waals surface area contributed by atoms with Crippen LogP contribution in [0.3, 0.4) is 0 Å². The molecule has 4 aliphatic carbocycles. The summed E-state index contributed by atoms with van der Waals surface area (Å²) >= 11 is 0. The van der Waals surface area contributed by atoms with Crippen LogP contribution in [0.25, 0.3) is 0 Å². The van der Waals surface area contributed by atoms with E-state index in [1.165, 1.54) is 32.1 Å². The zero-order valence-corrected chi connectivity index (χ0v) is 22.9. The number of ether oxygens (including phenoxy) is 2. The van der Waals surface area contributed by atoms with Crippen LogP contribution in [0.1, 0.15) is 72.6 Å². The Bertz CT molecular complexity index is 860. The molecule has 188 valence electrons. The van der Waals surface area contributed by atoms with E-state index in [-0.39, 0.29) is 17.6 Å². The molecule has 3 saturated carbocycles. The molecule has 0 radical (unpaired) electrons. The highest BCUT2D eigenvalue weighted by atomic mass is 31.2. The van der Waals surface area contributed by atoms with Crippen molar-refractivity contribution in [1.29, 1.82) is 0 Å². The second-order valence-corrected chi connectivity index (χ2v) is 15.5. The van der Waals surface area contributed by atoms with E-state index >= 15 is 0 Å². The Kier molecular flexibility index (Phi) is 5.75. The smallest absolute Gasteiger partial charge is 0.394 e. The highest BCUT2D eigenvalue weighted by Gasteiger charge is 2.67. The van der Waals surface area contributed by atoms with Crippen LogP contribution in [-0.2, 0) is 18.6 Å². The minimum Gasteiger partial charge on any atom is -0.426 e. The maximum atomic E-state index is 13.7. The molecule has 0 N–H and O–H groups in total. The van der Waals surface area contributed by atoms with Crippen molar-refractivity contribution in [3.8, 4) is 0 Å². The summed E-state index contributed by atoms with van der Waals surface area (Å²) < 4.78 is 37.0. The van der Waals surface area contributed by atoms with E-state index in [9.17, 15) is 4.57 Å².